The molecule has 2 aromatic carbocycles. The van der Waals surface area contributed by atoms with Crippen molar-refractivity contribution in [3.63, 3.8) is 0 Å². The van der Waals surface area contributed by atoms with Crippen LogP contribution < -0.4 is 10.1 Å². The number of halogens is 2. The molecule has 2 aromatic rings. The second-order valence-corrected chi connectivity index (χ2v) is 5.26. The highest BCUT2D eigenvalue weighted by Gasteiger charge is 2.06. The van der Waals surface area contributed by atoms with Crippen molar-refractivity contribution in [3.8, 4) is 11.5 Å². The molecule has 0 radical (unpaired) electrons. The molecule has 0 aliphatic carbocycles. The first-order chi connectivity index (χ1) is 9.08. The summed E-state index contributed by atoms with van der Waals surface area (Å²) in [6.45, 7) is 2.73. The van der Waals surface area contributed by atoms with E-state index in [2.05, 4.69) is 27.3 Å². The van der Waals surface area contributed by atoms with Crippen molar-refractivity contribution in [2.75, 3.05) is 7.05 Å². The maximum absolute atomic E-state index is 13.3. The van der Waals surface area contributed by atoms with E-state index in [-0.39, 0.29) is 5.82 Å². The van der Waals surface area contributed by atoms with E-state index in [0.29, 0.717) is 16.8 Å². The van der Waals surface area contributed by atoms with Crippen LogP contribution in [0.15, 0.2) is 40.9 Å². The average molecular weight is 324 g/mol. The molecule has 2 nitrogen and oxygen atoms in total. The summed E-state index contributed by atoms with van der Waals surface area (Å²) >= 11 is 3.25. The van der Waals surface area contributed by atoms with Gasteiger partial charge in [0, 0.05) is 22.6 Å². The summed E-state index contributed by atoms with van der Waals surface area (Å²) in [5.41, 5.74) is 2.21. The molecule has 0 aliphatic heterocycles. The molecule has 0 atom stereocenters. The third-order valence-electron chi connectivity index (χ3n) is 2.65. The summed E-state index contributed by atoms with van der Waals surface area (Å²) < 4.78 is 19.7. The average Bonchev–Trinajstić information content (AvgIpc) is 2.32. The van der Waals surface area contributed by atoms with Crippen molar-refractivity contribution in [2.24, 2.45) is 0 Å². The van der Waals surface area contributed by atoms with Crippen LogP contribution in [0.1, 0.15) is 11.1 Å². The summed E-state index contributed by atoms with van der Waals surface area (Å²) in [5, 5.41) is 3.10. The maximum Gasteiger partial charge on any atom is 0.131 e. The van der Waals surface area contributed by atoms with Crippen LogP contribution in [0.5, 0.6) is 11.5 Å². The number of hydrogen-bond donors (Lipinski definition) is 1. The van der Waals surface area contributed by atoms with Gasteiger partial charge in [0.15, 0.2) is 0 Å². The van der Waals surface area contributed by atoms with Gasteiger partial charge in [-0.05, 0) is 32.2 Å². The summed E-state index contributed by atoms with van der Waals surface area (Å²) in [5.74, 6) is 0.886. The minimum atomic E-state index is -0.327. The Morgan fingerprint density at radius 2 is 2.00 bits per heavy atom. The fourth-order valence-corrected chi connectivity index (χ4v) is 2.30. The van der Waals surface area contributed by atoms with Gasteiger partial charge in [-0.3, -0.25) is 0 Å². The monoisotopic (exact) mass is 323 g/mol. The molecule has 19 heavy (non-hydrogen) atoms. The smallest absolute Gasteiger partial charge is 0.131 e. The Morgan fingerprint density at radius 1 is 1.21 bits per heavy atom. The SMILES string of the molecule is CNCc1cc(C)ccc1Oc1cc(F)cc(Br)c1. The number of nitrogens with one attached hydrogen (secondary N) is 1. The zero-order chi connectivity index (χ0) is 13.8. The summed E-state index contributed by atoms with van der Waals surface area (Å²) in [7, 11) is 1.88. The van der Waals surface area contributed by atoms with E-state index in [0.717, 1.165) is 16.9 Å². The predicted molar refractivity (Wildman–Crippen MR) is 78.1 cm³/mol. The number of ether oxygens (including phenoxy) is 1. The second-order valence-electron chi connectivity index (χ2n) is 4.35. The van der Waals surface area contributed by atoms with E-state index in [9.17, 15) is 4.39 Å². The Hall–Kier alpha value is -1.39. The van der Waals surface area contributed by atoms with Crippen molar-refractivity contribution in [2.45, 2.75) is 13.5 Å². The molecule has 4 heteroatoms. The molecule has 2 rings (SSSR count). The van der Waals surface area contributed by atoms with Gasteiger partial charge in [0.1, 0.15) is 17.3 Å². The fraction of sp³-hybridized carbons (Fsp3) is 0.200. The van der Waals surface area contributed by atoms with Crippen molar-refractivity contribution >= 4 is 15.9 Å². The number of rotatable bonds is 4. The molecule has 0 aliphatic rings. The van der Waals surface area contributed by atoms with E-state index in [1.165, 1.54) is 12.1 Å². The number of aryl methyl sites for hydroxylation is 1. The predicted octanol–water partition coefficient (Wildman–Crippen LogP) is 4.41. The van der Waals surface area contributed by atoms with Gasteiger partial charge in [0.25, 0.3) is 0 Å². The number of hydrogen-bond acceptors (Lipinski definition) is 2. The van der Waals surface area contributed by atoms with Crippen LogP contribution in [0.3, 0.4) is 0 Å². The highest BCUT2D eigenvalue weighted by molar-refractivity contribution is 9.10. The lowest BCUT2D eigenvalue weighted by Gasteiger charge is -2.12. The van der Waals surface area contributed by atoms with E-state index in [1.54, 1.807) is 6.07 Å². The standard InChI is InChI=1S/C15H15BrFNO/c1-10-3-4-15(11(5-10)9-18-2)19-14-7-12(16)6-13(17)8-14/h3-8,18H,9H2,1-2H3. The molecular weight excluding hydrogens is 309 g/mol. The van der Waals surface area contributed by atoms with Crippen LogP contribution in [-0.4, -0.2) is 7.05 Å². The van der Waals surface area contributed by atoms with Gasteiger partial charge in [0.05, 0.1) is 0 Å². The molecule has 0 spiro atoms. The van der Waals surface area contributed by atoms with Gasteiger partial charge in [-0.25, -0.2) is 4.39 Å². The van der Waals surface area contributed by atoms with Gasteiger partial charge in [-0.15, -0.1) is 0 Å². The zero-order valence-electron chi connectivity index (χ0n) is 10.8. The fourth-order valence-electron chi connectivity index (χ4n) is 1.85. The largest absolute Gasteiger partial charge is 0.457 e. The normalized spacial score (nSPS) is 10.5. The lowest BCUT2D eigenvalue weighted by Crippen LogP contribution is -2.06. The minimum absolute atomic E-state index is 0.327. The Kier molecular flexibility index (Phi) is 4.56. The van der Waals surface area contributed by atoms with E-state index >= 15 is 0 Å². The summed E-state index contributed by atoms with van der Waals surface area (Å²) in [6.07, 6.45) is 0. The molecule has 0 bridgehead atoms. The molecule has 0 heterocycles. The number of benzene rings is 2. The third-order valence-corrected chi connectivity index (χ3v) is 3.10. The van der Waals surface area contributed by atoms with Gasteiger partial charge in [0.2, 0.25) is 0 Å². The first-order valence-electron chi connectivity index (χ1n) is 5.96. The molecule has 0 unspecified atom stereocenters. The Labute approximate surface area is 120 Å². The van der Waals surface area contributed by atoms with E-state index < -0.39 is 0 Å². The minimum Gasteiger partial charge on any atom is -0.457 e. The molecule has 0 fully saturated rings. The lowest BCUT2D eigenvalue weighted by molar-refractivity contribution is 0.468. The Morgan fingerprint density at radius 3 is 2.68 bits per heavy atom. The van der Waals surface area contributed by atoms with Crippen LogP contribution in [-0.2, 0) is 6.54 Å². The van der Waals surface area contributed by atoms with Crippen LogP contribution in [0.4, 0.5) is 4.39 Å². The lowest BCUT2D eigenvalue weighted by atomic mass is 10.1. The van der Waals surface area contributed by atoms with Crippen molar-refractivity contribution < 1.29 is 9.13 Å². The first-order valence-corrected chi connectivity index (χ1v) is 6.76. The van der Waals surface area contributed by atoms with E-state index in [1.807, 2.05) is 26.1 Å². The van der Waals surface area contributed by atoms with Gasteiger partial charge in [-0.1, -0.05) is 33.6 Å². The molecule has 1 N–H and O–H groups in total. The molecule has 0 amide bonds. The second kappa shape index (κ2) is 6.17. The first kappa shape index (κ1) is 14.0. The molecule has 0 aromatic heterocycles. The van der Waals surface area contributed by atoms with Crippen LogP contribution in [0.25, 0.3) is 0 Å². The highest BCUT2D eigenvalue weighted by Crippen LogP contribution is 2.29. The van der Waals surface area contributed by atoms with Gasteiger partial charge >= 0.3 is 0 Å². The van der Waals surface area contributed by atoms with Gasteiger partial charge in [-0.2, -0.15) is 0 Å². The molecule has 0 saturated heterocycles. The van der Waals surface area contributed by atoms with Crippen LogP contribution >= 0.6 is 15.9 Å². The van der Waals surface area contributed by atoms with Gasteiger partial charge < -0.3 is 10.1 Å². The van der Waals surface area contributed by atoms with E-state index in [4.69, 9.17) is 4.74 Å². The quantitative estimate of drug-likeness (QED) is 0.899. The topological polar surface area (TPSA) is 21.3 Å². The van der Waals surface area contributed by atoms with Crippen molar-refractivity contribution in [3.05, 3.63) is 57.8 Å². The Bertz CT molecular complexity index is 566. The summed E-state index contributed by atoms with van der Waals surface area (Å²) in [6, 6.07) is 10.4. The highest BCUT2D eigenvalue weighted by atomic mass is 79.9. The zero-order valence-corrected chi connectivity index (χ0v) is 12.4. The Balaban J connectivity index is 2.31. The van der Waals surface area contributed by atoms with Crippen LogP contribution in [0, 0.1) is 12.7 Å². The summed E-state index contributed by atoms with van der Waals surface area (Å²) in [4.78, 5) is 0. The molecule has 100 valence electrons. The van der Waals surface area contributed by atoms with Crippen molar-refractivity contribution in [1.29, 1.82) is 0 Å². The third kappa shape index (κ3) is 3.78. The van der Waals surface area contributed by atoms with Crippen molar-refractivity contribution in [1.82, 2.24) is 5.32 Å². The molecule has 0 saturated carbocycles. The van der Waals surface area contributed by atoms with Crippen LogP contribution in [0.2, 0.25) is 0 Å². The maximum atomic E-state index is 13.3. The molecular formula is C15H15BrFNO.